The molecule has 0 saturated carbocycles. The van der Waals surface area contributed by atoms with Crippen LogP contribution in [0, 0.1) is 0 Å². The highest BCUT2D eigenvalue weighted by molar-refractivity contribution is 6.76. The molecule has 11 nitrogen and oxygen atoms in total. The number of carbonyl (C=O) groups excluding carboxylic acids is 2. The van der Waals surface area contributed by atoms with E-state index in [-0.39, 0.29) is 12.1 Å². The quantitative estimate of drug-likeness (QED) is 0.182. The Balaban J connectivity index is 1.65. The average molecular weight is 639 g/mol. The van der Waals surface area contributed by atoms with E-state index in [0.29, 0.717) is 37.9 Å². The van der Waals surface area contributed by atoms with Crippen molar-refractivity contribution >= 4 is 42.8 Å². The van der Waals surface area contributed by atoms with E-state index in [9.17, 15) is 9.59 Å². The molecule has 0 unspecified atom stereocenters. The van der Waals surface area contributed by atoms with Gasteiger partial charge < -0.3 is 29.0 Å². The van der Waals surface area contributed by atoms with Crippen molar-refractivity contribution in [1.29, 1.82) is 0 Å². The molecule has 0 spiro atoms. The third kappa shape index (κ3) is 10.2. The molecule has 4 rings (SSSR count). The average Bonchev–Trinajstić information content (AvgIpc) is 3.32. The number of nitrogens with one attached hydrogen (secondary N) is 2. The molecule has 0 radical (unpaired) electrons. The number of fused-ring (bicyclic) bond motifs is 1. The molecule has 45 heavy (non-hydrogen) atoms. The predicted octanol–water partition coefficient (Wildman–Crippen LogP) is 7.57. The topological polar surface area (TPSA) is 120 Å². The highest BCUT2D eigenvalue weighted by atomic mass is 28.3. The number of hydrogen-bond acceptors (Lipinski definition) is 8. The van der Waals surface area contributed by atoms with E-state index in [1.54, 1.807) is 17.2 Å². The Labute approximate surface area is 268 Å². The third-order valence-electron chi connectivity index (χ3n) is 7.09. The molecule has 246 valence electrons. The van der Waals surface area contributed by atoms with Crippen LogP contribution in [-0.2, 0) is 20.9 Å². The molecule has 1 aliphatic heterocycles. The molecule has 0 aliphatic carbocycles. The van der Waals surface area contributed by atoms with Crippen molar-refractivity contribution in [2.24, 2.45) is 0 Å². The lowest BCUT2D eigenvalue weighted by Crippen LogP contribution is -2.47. The number of likely N-dealkylation sites (tertiary alicyclic amines) is 1. The summed E-state index contributed by atoms with van der Waals surface area (Å²) in [5.41, 5.74) is 1.87. The summed E-state index contributed by atoms with van der Waals surface area (Å²) >= 11 is 0. The Morgan fingerprint density at radius 2 is 1.78 bits per heavy atom. The molecule has 3 aromatic heterocycles. The number of aromatic nitrogens is 3. The monoisotopic (exact) mass is 638 g/mol. The number of nitrogens with zero attached hydrogens (tertiary/aromatic N) is 4. The van der Waals surface area contributed by atoms with E-state index in [1.807, 2.05) is 70.5 Å². The van der Waals surface area contributed by atoms with Gasteiger partial charge in [0.2, 0.25) is 0 Å². The van der Waals surface area contributed by atoms with Gasteiger partial charge in [0, 0.05) is 57.2 Å². The number of amides is 2. The Bertz CT molecular complexity index is 1490. The number of rotatable bonds is 9. The van der Waals surface area contributed by atoms with Gasteiger partial charge in [-0.25, -0.2) is 19.6 Å². The van der Waals surface area contributed by atoms with Gasteiger partial charge in [0.15, 0.2) is 0 Å². The van der Waals surface area contributed by atoms with Crippen LogP contribution in [-0.4, -0.2) is 76.6 Å². The van der Waals surface area contributed by atoms with Crippen LogP contribution in [0.3, 0.4) is 0 Å². The Morgan fingerprint density at radius 3 is 2.47 bits per heavy atom. The summed E-state index contributed by atoms with van der Waals surface area (Å²) in [5.74, 6) is 0.370. The first-order valence-electron chi connectivity index (χ1n) is 15.7. The number of pyridine rings is 2. The SMILES string of the molecule is CC(C)(C)OC(=O)Nc1cccc(-c2cnc3c(ccn3COCC[Si](C)(C)C)c2N[C@@H]2CCCN(C(=O)OC(C)(C)C)C2)n1. The van der Waals surface area contributed by atoms with Gasteiger partial charge in [-0.3, -0.25) is 5.32 Å². The van der Waals surface area contributed by atoms with Gasteiger partial charge in [-0.2, -0.15) is 0 Å². The van der Waals surface area contributed by atoms with Crippen LogP contribution < -0.4 is 10.6 Å². The lowest BCUT2D eigenvalue weighted by Gasteiger charge is -2.35. The zero-order valence-electron chi connectivity index (χ0n) is 28.3. The number of ether oxygens (including phenoxy) is 3. The van der Waals surface area contributed by atoms with E-state index < -0.39 is 25.4 Å². The first-order valence-corrected chi connectivity index (χ1v) is 19.5. The van der Waals surface area contributed by atoms with Gasteiger partial charge in [0.25, 0.3) is 0 Å². The smallest absolute Gasteiger partial charge is 0.413 e. The third-order valence-corrected chi connectivity index (χ3v) is 8.80. The van der Waals surface area contributed by atoms with Crippen molar-refractivity contribution in [3.05, 3.63) is 36.7 Å². The molecule has 0 aromatic carbocycles. The lowest BCUT2D eigenvalue weighted by atomic mass is 10.0. The molecule has 1 atom stereocenters. The van der Waals surface area contributed by atoms with Gasteiger partial charge >= 0.3 is 12.2 Å². The second kappa shape index (κ2) is 13.8. The van der Waals surface area contributed by atoms with E-state index in [2.05, 4.69) is 30.3 Å². The molecule has 4 heterocycles. The van der Waals surface area contributed by atoms with E-state index >= 15 is 0 Å². The summed E-state index contributed by atoms with van der Waals surface area (Å²) in [6.07, 6.45) is 4.64. The highest BCUT2D eigenvalue weighted by Gasteiger charge is 2.29. The van der Waals surface area contributed by atoms with Crippen LogP contribution in [0.1, 0.15) is 54.4 Å². The predicted molar refractivity (Wildman–Crippen MR) is 181 cm³/mol. The van der Waals surface area contributed by atoms with Crippen molar-refractivity contribution < 1.29 is 23.8 Å². The molecule has 0 bridgehead atoms. The first-order chi connectivity index (χ1) is 21.0. The second-order valence-electron chi connectivity index (χ2n) is 14.9. The van der Waals surface area contributed by atoms with Crippen LogP contribution in [0.2, 0.25) is 25.7 Å². The van der Waals surface area contributed by atoms with Gasteiger partial charge in [0.05, 0.1) is 11.4 Å². The summed E-state index contributed by atoms with van der Waals surface area (Å²) < 4.78 is 19.1. The molecule has 1 saturated heterocycles. The second-order valence-corrected chi connectivity index (χ2v) is 20.5. The molecular formula is C33H50N6O5Si. The van der Waals surface area contributed by atoms with Crippen molar-refractivity contribution in [3.63, 3.8) is 0 Å². The molecular weight excluding hydrogens is 588 g/mol. The van der Waals surface area contributed by atoms with Crippen LogP contribution in [0.4, 0.5) is 21.1 Å². The molecule has 2 N–H and O–H groups in total. The first kappa shape index (κ1) is 34.2. The number of carbonyl (C=O) groups is 2. The maximum atomic E-state index is 12.9. The zero-order chi connectivity index (χ0) is 33.0. The molecule has 1 fully saturated rings. The maximum Gasteiger partial charge on any atom is 0.413 e. The van der Waals surface area contributed by atoms with Crippen molar-refractivity contribution in [2.75, 3.05) is 30.3 Å². The normalized spacial score (nSPS) is 16.0. The van der Waals surface area contributed by atoms with Crippen LogP contribution in [0.15, 0.2) is 36.7 Å². The number of piperidine rings is 1. The fourth-order valence-corrected chi connectivity index (χ4v) is 5.74. The molecule has 12 heteroatoms. The Morgan fingerprint density at radius 1 is 1.04 bits per heavy atom. The van der Waals surface area contributed by atoms with E-state index in [1.165, 1.54) is 0 Å². The summed E-state index contributed by atoms with van der Waals surface area (Å²) in [6.45, 7) is 20.4. The summed E-state index contributed by atoms with van der Waals surface area (Å²) in [4.78, 5) is 36.7. The van der Waals surface area contributed by atoms with Gasteiger partial charge in [0.1, 0.15) is 29.4 Å². The van der Waals surface area contributed by atoms with Crippen molar-refractivity contribution in [2.45, 2.75) is 104 Å². The van der Waals surface area contributed by atoms with Gasteiger partial charge in [-0.05, 0) is 78.6 Å². The molecule has 1 aliphatic rings. The number of anilines is 2. The minimum Gasteiger partial charge on any atom is -0.444 e. The minimum absolute atomic E-state index is 0.0185. The zero-order valence-corrected chi connectivity index (χ0v) is 29.3. The fraction of sp³-hybridized carbons (Fsp3) is 0.576. The van der Waals surface area contributed by atoms with Crippen LogP contribution >= 0.6 is 0 Å². The maximum absolute atomic E-state index is 12.9. The van der Waals surface area contributed by atoms with E-state index in [0.717, 1.165) is 41.2 Å². The van der Waals surface area contributed by atoms with Crippen molar-refractivity contribution in [1.82, 2.24) is 19.4 Å². The van der Waals surface area contributed by atoms with Crippen LogP contribution in [0.25, 0.3) is 22.3 Å². The summed E-state index contributed by atoms with van der Waals surface area (Å²) in [6, 6.07) is 8.55. The van der Waals surface area contributed by atoms with Gasteiger partial charge in [-0.15, -0.1) is 0 Å². The Kier molecular flexibility index (Phi) is 10.5. The fourth-order valence-electron chi connectivity index (χ4n) is 4.99. The Hall–Kier alpha value is -3.64. The lowest BCUT2D eigenvalue weighted by molar-refractivity contribution is 0.0206. The van der Waals surface area contributed by atoms with Crippen LogP contribution in [0.5, 0.6) is 0 Å². The van der Waals surface area contributed by atoms with Gasteiger partial charge in [-0.1, -0.05) is 25.7 Å². The van der Waals surface area contributed by atoms with E-state index in [4.69, 9.17) is 24.2 Å². The molecule has 2 amide bonds. The summed E-state index contributed by atoms with van der Waals surface area (Å²) in [5, 5.41) is 7.40. The largest absolute Gasteiger partial charge is 0.444 e. The van der Waals surface area contributed by atoms with Crippen molar-refractivity contribution in [3.8, 4) is 11.3 Å². The summed E-state index contributed by atoms with van der Waals surface area (Å²) in [7, 11) is -1.20. The number of hydrogen-bond donors (Lipinski definition) is 2. The minimum atomic E-state index is -1.20. The molecule has 3 aromatic rings. The highest BCUT2D eigenvalue weighted by Crippen LogP contribution is 2.35. The standard InChI is InChI=1S/C33H50N6O5Si/c1-32(2,3)43-30(40)37-27-14-10-13-26(36-27)25-20-34-29-24(15-17-39(29)22-42-18-19-45(7,8)9)28(25)35-23-12-11-16-38(21-23)31(41)44-33(4,5)6/h10,13-15,17,20,23H,11-12,16,18-19,21-22H2,1-9H3,(H,34,35)(H,36,37,40)/t23-/m1/s1.